The summed E-state index contributed by atoms with van der Waals surface area (Å²) >= 11 is 1.14. The fraction of sp³-hybridized carbons (Fsp3) is 0.400. The van der Waals surface area contributed by atoms with Crippen LogP contribution in [0, 0.1) is 0 Å². The number of aryl methyl sites for hydroxylation is 1. The molecule has 0 aliphatic rings. The quantitative estimate of drug-likeness (QED) is 0.671. The maximum absolute atomic E-state index is 11.8. The Morgan fingerprint density at radius 3 is 2.62 bits per heavy atom. The number of carbonyl (C=O) groups excluding carboxylic acids is 1. The van der Waals surface area contributed by atoms with Gasteiger partial charge in [0.25, 0.3) is 5.56 Å². The number of amides is 1. The van der Waals surface area contributed by atoms with E-state index in [9.17, 15) is 14.4 Å². The lowest BCUT2D eigenvalue weighted by atomic mass is 10.5. The summed E-state index contributed by atoms with van der Waals surface area (Å²) in [6.45, 7) is 0. The number of nitrogens with one attached hydrogen (secondary N) is 1. The van der Waals surface area contributed by atoms with Crippen LogP contribution in [0.25, 0.3) is 0 Å². The molecular weight excluding hydrogens is 298 g/mol. The smallest absolute Gasteiger partial charge is 0.311 e. The van der Waals surface area contributed by atoms with Crippen LogP contribution in [0.5, 0.6) is 0 Å². The zero-order chi connectivity index (χ0) is 15.6. The summed E-state index contributed by atoms with van der Waals surface area (Å²) in [6, 6.07) is 1.19. The molecule has 0 unspecified atom stereocenters. The van der Waals surface area contributed by atoms with Crippen molar-refractivity contribution in [3.05, 3.63) is 26.9 Å². The lowest BCUT2D eigenvalue weighted by Gasteiger charge is -2.10. The van der Waals surface area contributed by atoms with Crippen LogP contribution in [0.1, 0.15) is 0 Å². The Kier molecular flexibility index (Phi) is 4.21. The summed E-state index contributed by atoms with van der Waals surface area (Å²) in [5, 5.41) is 13.8. The van der Waals surface area contributed by atoms with Crippen molar-refractivity contribution in [1.29, 1.82) is 0 Å². The van der Waals surface area contributed by atoms with Gasteiger partial charge in [-0.15, -0.1) is 5.10 Å². The van der Waals surface area contributed by atoms with E-state index in [4.69, 9.17) is 0 Å². The van der Waals surface area contributed by atoms with Gasteiger partial charge in [0.15, 0.2) is 0 Å². The van der Waals surface area contributed by atoms with E-state index < -0.39 is 11.2 Å². The number of nitrogens with zero attached hydrogens (tertiary/aromatic N) is 6. The minimum Gasteiger partial charge on any atom is -0.311 e. The van der Waals surface area contributed by atoms with Gasteiger partial charge in [-0.2, -0.15) is 0 Å². The van der Waals surface area contributed by atoms with Gasteiger partial charge in [-0.3, -0.25) is 18.7 Å². The number of hydrogen-bond donors (Lipinski definition) is 1. The molecule has 2 aromatic heterocycles. The molecule has 0 aliphatic carbocycles. The molecule has 0 atom stereocenters. The van der Waals surface area contributed by atoms with Crippen molar-refractivity contribution in [1.82, 2.24) is 29.3 Å². The van der Waals surface area contributed by atoms with Gasteiger partial charge >= 0.3 is 5.69 Å². The van der Waals surface area contributed by atoms with Crippen molar-refractivity contribution >= 4 is 23.5 Å². The van der Waals surface area contributed by atoms with Crippen LogP contribution in [-0.4, -0.2) is 41.0 Å². The molecule has 112 valence electrons. The lowest BCUT2D eigenvalue weighted by molar-refractivity contribution is -0.113. The molecule has 1 N–H and O–H groups in total. The fourth-order valence-electron chi connectivity index (χ4n) is 1.51. The first kappa shape index (κ1) is 15.0. The number of tetrazole rings is 1. The number of aromatic nitrogens is 6. The molecule has 10 nitrogen and oxygen atoms in total. The van der Waals surface area contributed by atoms with E-state index in [1.807, 2.05) is 0 Å². The Bertz CT molecular complexity index is 791. The maximum Gasteiger partial charge on any atom is 0.332 e. The van der Waals surface area contributed by atoms with Gasteiger partial charge in [0, 0.05) is 27.2 Å². The Balaban J connectivity index is 2.09. The van der Waals surface area contributed by atoms with Crippen LogP contribution in [-0.2, 0) is 25.9 Å². The van der Waals surface area contributed by atoms with Crippen molar-refractivity contribution in [3.8, 4) is 0 Å². The topological polar surface area (TPSA) is 117 Å². The highest BCUT2D eigenvalue weighted by Crippen LogP contribution is 2.12. The maximum atomic E-state index is 11.8. The second-order valence-corrected chi connectivity index (χ2v) is 5.13. The Morgan fingerprint density at radius 2 is 2.00 bits per heavy atom. The Morgan fingerprint density at radius 1 is 1.29 bits per heavy atom. The van der Waals surface area contributed by atoms with E-state index in [-0.39, 0.29) is 17.5 Å². The summed E-state index contributed by atoms with van der Waals surface area (Å²) < 4.78 is 3.58. The molecule has 0 saturated carbocycles. The van der Waals surface area contributed by atoms with Gasteiger partial charge < -0.3 is 5.32 Å². The monoisotopic (exact) mass is 311 g/mol. The molecule has 2 aromatic rings. The van der Waals surface area contributed by atoms with Gasteiger partial charge in [-0.05, 0) is 10.4 Å². The average molecular weight is 311 g/mol. The van der Waals surface area contributed by atoms with Crippen LogP contribution >= 0.6 is 11.8 Å². The number of thioether (sulfide) groups is 1. The Labute approximate surface area is 122 Å². The SMILES string of the molecule is Cn1nnnc1SCC(=O)Nc1cc(=O)n(C)c(=O)n1C. The zero-order valence-electron chi connectivity index (χ0n) is 11.6. The molecule has 0 aliphatic heterocycles. The predicted octanol–water partition coefficient (Wildman–Crippen LogP) is -1.66. The summed E-state index contributed by atoms with van der Waals surface area (Å²) in [6.07, 6.45) is 0. The van der Waals surface area contributed by atoms with E-state index >= 15 is 0 Å². The highest BCUT2D eigenvalue weighted by molar-refractivity contribution is 7.99. The lowest BCUT2D eigenvalue weighted by Crippen LogP contribution is -2.38. The molecule has 0 spiro atoms. The fourth-order valence-corrected chi connectivity index (χ4v) is 2.16. The highest BCUT2D eigenvalue weighted by Gasteiger charge is 2.11. The summed E-state index contributed by atoms with van der Waals surface area (Å²) in [7, 11) is 4.50. The molecule has 11 heteroatoms. The van der Waals surface area contributed by atoms with Crippen molar-refractivity contribution in [3.63, 3.8) is 0 Å². The molecule has 0 aromatic carbocycles. The van der Waals surface area contributed by atoms with E-state index in [1.165, 1.54) is 29.4 Å². The molecule has 1 amide bonds. The van der Waals surface area contributed by atoms with Crippen molar-refractivity contribution in [2.75, 3.05) is 11.1 Å². The van der Waals surface area contributed by atoms with Crippen LogP contribution in [0.2, 0.25) is 0 Å². The zero-order valence-corrected chi connectivity index (χ0v) is 12.4. The van der Waals surface area contributed by atoms with Gasteiger partial charge in [-0.1, -0.05) is 11.8 Å². The molecule has 2 heterocycles. The van der Waals surface area contributed by atoms with Gasteiger partial charge in [0.05, 0.1) is 5.75 Å². The first-order valence-electron chi connectivity index (χ1n) is 5.82. The summed E-state index contributed by atoms with van der Waals surface area (Å²) in [5.74, 6) is -0.173. The third-order valence-electron chi connectivity index (χ3n) is 2.71. The number of carbonyl (C=O) groups is 1. The van der Waals surface area contributed by atoms with Gasteiger partial charge in [-0.25, -0.2) is 9.48 Å². The minimum absolute atomic E-state index is 0.0532. The number of anilines is 1. The molecule has 21 heavy (non-hydrogen) atoms. The number of hydrogen-bond acceptors (Lipinski definition) is 7. The van der Waals surface area contributed by atoms with Crippen LogP contribution in [0.3, 0.4) is 0 Å². The normalized spacial score (nSPS) is 10.6. The summed E-state index contributed by atoms with van der Waals surface area (Å²) in [5.41, 5.74) is -0.999. The highest BCUT2D eigenvalue weighted by atomic mass is 32.2. The van der Waals surface area contributed by atoms with Gasteiger partial charge in [0.1, 0.15) is 5.82 Å². The van der Waals surface area contributed by atoms with E-state index in [2.05, 4.69) is 20.8 Å². The number of rotatable bonds is 4. The van der Waals surface area contributed by atoms with Gasteiger partial charge in [0.2, 0.25) is 11.1 Å². The second-order valence-electron chi connectivity index (χ2n) is 4.19. The Hall–Kier alpha value is -2.43. The van der Waals surface area contributed by atoms with E-state index in [1.54, 1.807) is 7.05 Å². The molecule has 0 fully saturated rings. The standard InChI is InChI=1S/C10H13N7O3S/c1-15-6(4-8(19)16(2)10(15)20)11-7(18)5-21-9-12-13-14-17(9)3/h4H,5H2,1-3H3,(H,11,18). The first-order valence-corrected chi connectivity index (χ1v) is 6.80. The summed E-state index contributed by atoms with van der Waals surface area (Å²) in [4.78, 5) is 35.1. The van der Waals surface area contributed by atoms with Crippen molar-refractivity contribution in [2.45, 2.75) is 5.16 Å². The van der Waals surface area contributed by atoms with E-state index in [0.717, 1.165) is 16.3 Å². The van der Waals surface area contributed by atoms with Crippen molar-refractivity contribution < 1.29 is 4.79 Å². The van der Waals surface area contributed by atoms with Crippen LogP contribution in [0.15, 0.2) is 20.8 Å². The van der Waals surface area contributed by atoms with E-state index in [0.29, 0.717) is 5.16 Å². The van der Waals surface area contributed by atoms with Crippen LogP contribution < -0.4 is 16.6 Å². The molecule has 2 rings (SSSR count). The third-order valence-corrected chi connectivity index (χ3v) is 3.72. The van der Waals surface area contributed by atoms with Crippen LogP contribution in [0.4, 0.5) is 5.82 Å². The largest absolute Gasteiger partial charge is 0.332 e. The first-order chi connectivity index (χ1) is 9.90. The third kappa shape index (κ3) is 3.18. The molecule has 0 bridgehead atoms. The minimum atomic E-state index is -0.511. The molecule has 0 saturated heterocycles. The molecular formula is C10H13N7O3S. The van der Waals surface area contributed by atoms with Crippen molar-refractivity contribution in [2.24, 2.45) is 21.1 Å². The average Bonchev–Trinajstić information content (AvgIpc) is 2.85. The predicted molar refractivity (Wildman–Crippen MR) is 75.1 cm³/mol. The molecule has 0 radical (unpaired) electrons. The second kappa shape index (κ2) is 5.91.